The van der Waals surface area contributed by atoms with E-state index in [-0.39, 0.29) is 12.5 Å². The molecule has 0 atom stereocenters. The smallest absolute Gasteiger partial charge is 0.348 e. The molecule has 0 aliphatic heterocycles. The van der Waals surface area contributed by atoms with Gasteiger partial charge in [-0.05, 0) is 36.8 Å². The van der Waals surface area contributed by atoms with Gasteiger partial charge in [0.15, 0.2) is 6.61 Å². The van der Waals surface area contributed by atoms with Crippen molar-refractivity contribution in [1.29, 1.82) is 0 Å². The number of thiophene rings is 1. The van der Waals surface area contributed by atoms with E-state index in [9.17, 15) is 4.79 Å². The van der Waals surface area contributed by atoms with E-state index in [0.717, 1.165) is 27.0 Å². The Morgan fingerprint density at radius 3 is 2.72 bits per heavy atom. The van der Waals surface area contributed by atoms with Crippen molar-refractivity contribution < 1.29 is 13.9 Å². The topological polar surface area (TPSA) is 83.0 Å². The van der Waals surface area contributed by atoms with Crippen LogP contribution in [0.5, 0.6) is 0 Å². The zero-order valence-electron chi connectivity index (χ0n) is 17.0. The predicted molar refractivity (Wildman–Crippen MR) is 122 cm³/mol. The molecule has 0 saturated heterocycles. The molecule has 0 spiro atoms. The van der Waals surface area contributed by atoms with Crippen molar-refractivity contribution in [2.45, 2.75) is 20.1 Å². The predicted octanol–water partition coefficient (Wildman–Crippen LogP) is 5.51. The number of nitrogens with zero attached hydrogens (tertiary/aromatic N) is 4. The highest BCUT2D eigenvalue weighted by atomic mass is 35.5. The number of aromatic nitrogens is 4. The average Bonchev–Trinajstić information content (AvgIpc) is 3.52. The maximum Gasteiger partial charge on any atom is 0.348 e. The van der Waals surface area contributed by atoms with Gasteiger partial charge in [0.05, 0.1) is 12.2 Å². The van der Waals surface area contributed by atoms with Crippen LogP contribution in [0.15, 0.2) is 65.1 Å². The van der Waals surface area contributed by atoms with Gasteiger partial charge in [-0.1, -0.05) is 48.0 Å². The molecule has 0 unspecified atom stereocenters. The summed E-state index contributed by atoms with van der Waals surface area (Å²) < 4.78 is 12.9. The molecule has 9 heteroatoms. The number of benzene rings is 2. The molecule has 7 nitrogen and oxygen atoms in total. The molecule has 0 fully saturated rings. The Labute approximate surface area is 192 Å². The highest BCUT2D eigenvalue weighted by Gasteiger charge is 2.19. The largest absolute Gasteiger partial charge is 0.451 e. The van der Waals surface area contributed by atoms with Crippen molar-refractivity contribution in [3.05, 3.63) is 87.7 Å². The third-order valence-electron chi connectivity index (χ3n) is 4.90. The van der Waals surface area contributed by atoms with Crippen LogP contribution in [0.4, 0.5) is 0 Å². The van der Waals surface area contributed by atoms with Gasteiger partial charge in [0.1, 0.15) is 9.71 Å². The van der Waals surface area contributed by atoms with Gasteiger partial charge < -0.3 is 9.15 Å². The van der Waals surface area contributed by atoms with Crippen LogP contribution in [0.3, 0.4) is 0 Å². The number of aryl methyl sites for hydroxylation is 1. The lowest BCUT2D eigenvalue weighted by Crippen LogP contribution is -2.04. The summed E-state index contributed by atoms with van der Waals surface area (Å²) in [7, 11) is 0. The number of halogens is 1. The quantitative estimate of drug-likeness (QED) is 0.308. The van der Waals surface area contributed by atoms with Crippen LogP contribution in [0.2, 0.25) is 5.02 Å². The lowest BCUT2D eigenvalue weighted by molar-refractivity contribution is 0.0444. The third kappa shape index (κ3) is 4.02. The van der Waals surface area contributed by atoms with Crippen LogP contribution in [-0.4, -0.2) is 25.9 Å². The number of esters is 1. The molecule has 5 aromatic rings. The van der Waals surface area contributed by atoms with Crippen LogP contribution < -0.4 is 0 Å². The number of carbonyl (C=O) groups excluding carboxylic acids is 1. The second-order valence-corrected chi connectivity index (χ2v) is 8.54. The number of hydrogen-bond donors (Lipinski definition) is 0. The molecular formula is C23H17ClN4O3S. The van der Waals surface area contributed by atoms with Crippen LogP contribution in [0.25, 0.3) is 21.7 Å². The van der Waals surface area contributed by atoms with Crippen LogP contribution in [-0.2, 0) is 17.9 Å². The second-order valence-electron chi connectivity index (χ2n) is 7.11. The first-order valence-electron chi connectivity index (χ1n) is 9.84. The van der Waals surface area contributed by atoms with Crippen LogP contribution >= 0.6 is 22.9 Å². The molecule has 0 saturated carbocycles. The summed E-state index contributed by atoms with van der Waals surface area (Å²) >= 11 is 7.63. The number of fused-ring (bicyclic) bond motifs is 1. The minimum absolute atomic E-state index is 0.0996. The summed E-state index contributed by atoms with van der Waals surface area (Å²) in [5, 5.41) is 14.2. The number of carbonyl (C=O) groups is 1. The molecule has 5 rings (SSSR count). The van der Waals surface area contributed by atoms with Crippen molar-refractivity contribution in [2.75, 3.05) is 0 Å². The monoisotopic (exact) mass is 464 g/mol. The van der Waals surface area contributed by atoms with E-state index in [2.05, 4.69) is 15.3 Å². The van der Waals surface area contributed by atoms with E-state index in [1.54, 1.807) is 6.07 Å². The van der Waals surface area contributed by atoms with Gasteiger partial charge >= 0.3 is 5.97 Å². The fourth-order valence-electron chi connectivity index (χ4n) is 3.32. The van der Waals surface area contributed by atoms with Gasteiger partial charge in [0.2, 0.25) is 5.89 Å². The fourth-order valence-corrected chi connectivity index (χ4v) is 4.57. The van der Waals surface area contributed by atoms with E-state index in [1.807, 2.05) is 66.2 Å². The van der Waals surface area contributed by atoms with Crippen molar-refractivity contribution in [3.8, 4) is 11.5 Å². The number of ether oxygens (including phenoxy) is 1. The molecule has 0 bridgehead atoms. The summed E-state index contributed by atoms with van der Waals surface area (Å²) in [6.07, 6.45) is 0. The Kier molecular flexibility index (Phi) is 5.46. The summed E-state index contributed by atoms with van der Waals surface area (Å²) in [6, 6.07) is 18.9. The van der Waals surface area contributed by atoms with Crippen LogP contribution in [0, 0.1) is 6.92 Å². The maximum absolute atomic E-state index is 12.6. The summed E-state index contributed by atoms with van der Waals surface area (Å²) in [5.41, 5.74) is 2.61. The zero-order valence-corrected chi connectivity index (χ0v) is 18.6. The molecule has 3 aromatic heterocycles. The van der Waals surface area contributed by atoms with Gasteiger partial charge in [0.25, 0.3) is 5.89 Å². The Morgan fingerprint density at radius 2 is 1.91 bits per heavy atom. The van der Waals surface area contributed by atoms with Crippen molar-refractivity contribution in [3.63, 3.8) is 0 Å². The van der Waals surface area contributed by atoms with E-state index in [0.29, 0.717) is 22.3 Å². The molecule has 2 aromatic carbocycles. The van der Waals surface area contributed by atoms with Crippen molar-refractivity contribution >= 4 is 39.1 Å². The van der Waals surface area contributed by atoms with Gasteiger partial charge in [-0.3, -0.25) is 4.68 Å². The second kappa shape index (κ2) is 8.57. The summed E-state index contributed by atoms with van der Waals surface area (Å²) in [4.78, 5) is 14.0. The van der Waals surface area contributed by atoms with Gasteiger partial charge in [-0.25, -0.2) is 4.79 Å². The molecule has 0 aliphatic rings. The highest BCUT2D eigenvalue weighted by molar-refractivity contribution is 7.20. The normalized spacial score (nSPS) is 11.2. The van der Waals surface area contributed by atoms with Crippen molar-refractivity contribution in [2.24, 2.45) is 0 Å². The lowest BCUT2D eigenvalue weighted by atomic mass is 10.2. The molecule has 0 aliphatic carbocycles. The fraction of sp³-hybridized carbons (Fsp3) is 0.130. The van der Waals surface area contributed by atoms with Gasteiger partial charge in [-0.2, -0.15) is 5.10 Å². The lowest BCUT2D eigenvalue weighted by Gasteiger charge is -2.05. The maximum atomic E-state index is 12.6. The number of hydrogen-bond acceptors (Lipinski definition) is 7. The third-order valence-corrected chi connectivity index (χ3v) is 6.40. The van der Waals surface area contributed by atoms with E-state index in [4.69, 9.17) is 20.8 Å². The van der Waals surface area contributed by atoms with Gasteiger partial charge in [-0.15, -0.1) is 21.5 Å². The average molecular weight is 465 g/mol. The molecule has 160 valence electrons. The van der Waals surface area contributed by atoms with E-state index < -0.39 is 5.97 Å². The minimum Gasteiger partial charge on any atom is -0.451 e. The summed E-state index contributed by atoms with van der Waals surface area (Å²) in [5.74, 6) is 0.169. The van der Waals surface area contributed by atoms with Gasteiger partial charge in [0, 0.05) is 16.0 Å². The Morgan fingerprint density at radius 1 is 1.12 bits per heavy atom. The van der Waals surface area contributed by atoms with Crippen LogP contribution in [0.1, 0.15) is 26.8 Å². The number of rotatable bonds is 6. The Hall–Kier alpha value is -3.49. The highest BCUT2D eigenvalue weighted by Crippen LogP contribution is 2.30. The van der Waals surface area contributed by atoms with E-state index >= 15 is 0 Å². The molecule has 3 heterocycles. The first-order chi connectivity index (χ1) is 15.6. The first kappa shape index (κ1) is 20.4. The molecule has 0 N–H and O–H groups in total. The van der Waals surface area contributed by atoms with E-state index in [1.165, 1.54) is 11.3 Å². The summed E-state index contributed by atoms with van der Waals surface area (Å²) in [6.45, 7) is 2.33. The molecule has 0 radical (unpaired) electrons. The van der Waals surface area contributed by atoms with Crippen molar-refractivity contribution in [1.82, 2.24) is 20.0 Å². The molecule has 32 heavy (non-hydrogen) atoms. The molecular weight excluding hydrogens is 448 g/mol. The molecule has 0 amide bonds. The standard InChI is InChI=1S/C23H17ClN4O3S/c1-14-17-11-19(32-22(17)28(27-14)12-16-9-5-6-10-18(16)24)23(29)30-13-20-25-26-21(31-20)15-7-3-2-4-8-15/h2-11H,12-13H2,1H3. The minimum atomic E-state index is -0.450. The zero-order chi connectivity index (χ0) is 22.1. The Bertz CT molecular complexity index is 1410. The SMILES string of the molecule is Cc1nn(Cc2ccccc2Cl)c2sc(C(=O)OCc3nnc(-c4ccccc4)o3)cc12. The Balaban J connectivity index is 1.31. The first-order valence-corrected chi connectivity index (χ1v) is 11.0.